The van der Waals surface area contributed by atoms with Crippen molar-refractivity contribution < 1.29 is 4.74 Å². The first kappa shape index (κ1) is 16.5. The average Bonchev–Trinajstić information content (AvgIpc) is 2.48. The molecule has 6 heteroatoms. The van der Waals surface area contributed by atoms with Crippen LogP contribution in [0.4, 0.5) is 0 Å². The summed E-state index contributed by atoms with van der Waals surface area (Å²) in [6.07, 6.45) is 0.903. The van der Waals surface area contributed by atoms with Crippen molar-refractivity contribution in [3.8, 4) is 0 Å². The smallest absolute Gasteiger partial charge is 0.262 e. The monoisotopic (exact) mass is 370 g/mol. The van der Waals surface area contributed by atoms with E-state index >= 15 is 0 Å². The molecule has 0 amide bonds. The van der Waals surface area contributed by atoms with E-state index in [0.717, 1.165) is 27.3 Å². The van der Waals surface area contributed by atoms with Crippen LogP contribution in [0.1, 0.15) is 20.3 Å². The summed E-state index contributed by atoms with van der Waals surface area (Å²) < 4.78 is 8.01. The third-order valence-electron chi connectivity index (χ3n) is 2.99. The highest BCUT2D eigenvalue weighted by molar-refractivity contribution is 9.10. The van der Waals surface area contributed by atoms with E-state index in [1.165, 1.54) is 0 Å². The summed E-state index contributed by atoms with van der Waals surface area (Å²) in [6.45, 7) is 6.10. The standard InChI is InChI=1S/C15H19BrN2O2S/c1-3-7-18-14(19)12-10-11(16)5-6-13(12)17-15(18)21-9-8-20-4-2/h5-6,10H,3-4,7-9H2,1-2H3. The number of fused-ring (bicyclic) bond motifs is 1. The molecule has 0 fully saturated rings. The Labute approximate surface area is 137 Å². The largest absolute Gasteiger partial charge is 0.381 e. The molecule has 0 spiro atoms. The molecule has 0 atom stereocenters. The normalized spacial score (nSPS) is 11.2. The second kappa shape index (κ2) is 7.96. The molecule has 1 aromatic heterocycles. The number of hydrogen-bond acceptors (Lipinski definition) is 4. The molecular formula is C15H19BrN2O2S. The van der Waals surface area contributed by atoms with Gasteiger partial charge in [-0.25, -0.2) is 4.98 Å². The SMILES string of the molecule is CCCn1c(SCCOCC)nc2ccc(Br)cc2c1=O. The highest BCUT2D eigenvalue weighted by atomic mass is 79.9. The van der Waals surface area contributed by atoms with E-state index < -0.39 is 0 Å². The summed E-state index contributed by atoms with van der Waals surface area (Å²) in [6, 6.07) is 5.63. The van der Waals surface area contributed by atoms with Gasteiger partial charge in [-0.2, -0.15) is 0 Å². The van der Waals surface area contributed by atoms with Crippen molar-refractivity contribution in [2.45, 2.75) is 32.0 Å². The Morgan fingerprint density at radius 1 is 1.38 bits per heavy atom. The molecule has 0 unspecified atom stereocenters. The molecule has 0 saturated heterocycles. The predicted molar refractivity (Wildman–Crippen MR) is 91.2 cm³/mol. The van der Waals surface area contributed by atoms with Gasteiger partial charge in [0.15, 0.2) is 5.16 Å². The third kappa shape index (κ3) is 4.08. The Hall–Kier alpha value is -0.850. The van der Waals surface area contributed by atoms with Crippen molar-refractivity contribution in [1.29, 1.82) is 0 Å². The fourth-order valence-electron chi connectivity index (χ4n) is 2.04. The van der Waals surface area contributed by atoms with Crippen molar-refractivity contribution in [2.24, 2.45) is 0 Å². The predicted octanol–water partition coefficient (Wildman–Crippen LogP) is 3.70. The molecule has 0 radical (unpaired) electrons. The maximum Gasteiger partial charge on any atom is 0.262 e. The zero-order chi connectivity index (χ0) is 15.2. The lowest BCUT2D eigenvalue weighted by Crippen LogP contribution is -2.23. The van der Waals surface area contributed by atoms with Crippen LogP contribution in [-0.2, 0) is 11.3 Å². The van der Waals surface area contributed by atoms with Crippen molar-refractivity contribution in [3.63, 3.8) is 0 Å². The molecule has 1 aromatic carbocycles. The maximum atomic E-state index is 12.6. The van der Waals surface area contributed by atoms with Crippen LogP contribution in [0.2, 0.25) is 0 Å². The summed E-state index contributed by atoms with van der Waals surface area (Å²) in [5.41, 5.74) is 0.775. The number of nitrogens with zero attached hydrogens (tertiary/aromatic N) is 2. The van der Waals surface area contributed by atoms with Gasteiger partial charge in [-0.1, -0.05) is 34.6 Å². The molecule has 0 bridgehead atoms. The second-order valence-corrected chi connectivity index (χ2v) is 6.54. The summed E-state index contributed by atoms with van der Waals surface area (Å²) in [4.78, 5) is 17.3. The van der Waals surface area contributed by atoms with Crippen LogP contribution >= 0.6 is 27.7 Å². The number of aromatic nitrogens is 2. The highest BCUT2D eigenvalue weighted by Gasteiger charge is 2.11. The van der Waals surface area contributed by atoms with Gasteiger partial charge in [0.25, 0.3) is 5.56 Å². The lowest BCUT2D eigenvalue weighted by Gasteiger charge is -2.12. The van der Waals surface area contributed by atoms with Gasteiger partial charge in [0.2, 0.25) is 0 Å². The molecule has 2 aromatic rings. The molecule has 4 nitrogen and oxygen atoms in total. The Morgan fingerprint density at radius 2 is 2.19 bits per heavy atom. The molecule has 0 aliphatic carbocycles. The summed E-state index contributed by atoms with van der Waals surface area (Å²) in [5, 5.41) is 1.43. The number of halogens is 1. The van der Waals surface area contributed by atoms with E-state index in [4.69, 9.17) is 4.74 Å². The van der Waals surface area contributed by atoms with E-state index in [0.29, 0.717) is 25.1 Å². The fourth-order valence-corrected chi connectivity index (χ4v) is 3.28. The molecule has 0 aliphatic rings. The maximum absolute atomic E-state index is 12.6. The Kier molecular flexibility index (Phi) is 6.26. The minimum Gasteiger partial charge on any atom is -0.381 e. The molecule has 21 heavy (non-hydrogen) atoms. The average molecular weight is 371 g/mol. The van der Waals surface area contributed by atoms with Crippen LogP contribution < -0.4 is 5.56 Å². The van der Waals surface area contributed by atoms with Crippen LogP contribution in [0.5, 0.6) is 0 Å². The van der Waals surface area contributed by atoms with Crippen molar-refractivity contribution >= 4 is 38.6 Å². The van der Waals surface area contributed by atoms with Gasteiger partial charge in [-0.3, -0.25) is 9.36 Å². The summed E-state index contributed by atoms with van der Waals surface area (Å²) >= 11 is 4.99. The Morgan fingerprint density at radius 3 is 2.90 bits per heavy atom. The lowest BCUT2D eigenvalue weighted by molar-refractivity contribution is 0.164. The van der Waals surface area contributed by atoms with E-state index in [9.17, 15) is 4.79 Å². The first-order valence-corrected chi connectivity index (χ1v) is 8.85. The lowest BCUT2D eigenvalue weighted by atomic mass is 10.2. The van der Waals surface area contributed by atoms with E-state index in [1.54, 1.807) is 16.3 Å². The third-order valence-corrected chi connectivity index (χ3v) is 4.43. The highest BCUT2D eigenvalue weighted by Crippen LogP contribution is 2.20. The van der Waals surface area contributed by atoms with Gasteiger partial charge in [-0.15, -0.1) is 0 Å². The molecule has 2 rings (SSSR count). The van der Waals surface area contributed by atoms with Gasteiger partial charge in [0.05, 0.1) is 17.5 Å². The van der Waals surface area contributed by atoms with Crippen LogP contribution in [0.15, 0.2) is 32.6 Å². The topological polar surface area (TPSA) is 44.1 Å². The van der Waals surface area contributed by atoms with Gasteiger partial charge in [0.1, 0.15) is 0 Å². The molecule has 0 aliphatic heterocycles. The van der Waals surface area contributed by atoms with Gasteiger partial charge >= 0.3 is 0 Å². The first-order chi connectivity index (χ1) is 10.2. The van der Waals surface area contributed by atoms with Gasteiger partial charge < -0.3 is 4.74 Å². The van der Waals surface area contributed by atoms with Crippen molar-refractivity contribution in [1.82, 2.24) is 9.55 Å². The molecular weight excluding hydrogens is 352 g/mol. The number of ether oxygens (including phenoxy) is 1. The van der Waals surface area contributed by atoms with Gasteiger partial charge in [-0.05, 0) is 31.5 Å². The van der Waals surface area contributed by atoms with Crippen LogP contribution in [0.3, 0.4) is 0 Å². The van der Waals surface area contributed by atoms with E-state index in [2.05, 4.69) is 27.8 Å². The quantitative estimate of drug-likeness (QED) is 0.423. The molecule has 1 heterocycles. The number of hydrogen-bond donors (Lipinski definition) is 0. The summed E-state index contributed by atoms with van der Waals surface area (Å²) in [7, 11) is 0. The van der Waals surface area contributed by atoms with E-state index in [-0.39, 0.29) is 5.56 Å². The molecule has 0 saturated carbocycles. The number of rotatable bonds is 7. The van der Waals surface area contributed by atoms with Crippen LogP contribution in [0.25, 0.3) is 10.9 Å². The summed E-state index contributed by atoms with van der Waals surface area (Å²) in [5.74, 6) is 0.798. The minimum absolute atomic E-state index is 0.0297. The zero-order valence-electron chi connectivity index (χ0n) is 12.3. The molecule has 114 valence electrons. The minimum atomic E-state index is 0.0297. The van der Waals surface area contributed by atoms with Crippen LogP contribution in [0, 0.1) is 0 Å². The zero-order valence-corrected chi connectivity index (χ0v) is 14.7. The first-order valence-electron chi connectivity index (χ1n) is 7.08. The van der Waals surface area contributed by atoms with Crippen molar-refractivity contribution in [3.05, 3.63) is 33.0 Å². The number of benzene rings is 1. The van der Waals surface area contributed by atoms with Gasteiger partial charge in [0, 0.05) is 23.4 Å². The number of thioether (sulfide) groups is 1. The fraction of sp³-hybridized carbons (Fsp3) is 0.467. The Bertz CT molecular complexity index is 673. The van der Waals surface area contributed by atoms with E-state index in [1.807, 2.05) is 25.1 Å². The van der Waals surface area contributed by atoms with Crippen molar-refractivity contribution in [2.75, 3.05) is 19.0 Å². The second-order valence-electron chi connectivity index (χ2n) is 4.56. The Balaban J connectivity index is 2.40. The molecule has 0 N–H and O–H groups in total. The van der Waals surface area contributed by atoms with Crippen LogP contribution in [-0.4, -0.2) is 28.5 Å².